The molecule has 1 aromatic heterocycles. The Labute approximate surface area is 323 Å². The van der Waals surface area contributed by atoms with Crippen LogP contribution in [0.2, 0.25) is 0 Å². The number of carbonyl (C=O) groups excluding carboxylic acids is 4. The van der Waals surface area contributed by atoms with Gasteiger partial charge in [0, 0.05) is 29.3 Å². The number of aliphatic carboxylic acids is 1. The molecule has 0 fully saturated rings. The second-order valence-electron chi connectivity index (χ2n) is 13.4. The van der Waals surface area contributed by atoms with Crippen molar-refractivity contribution in [3.8, 4) is 16.9 Å². The molecule has 7 rings (SSSR count). The van der Waals surface area contributed by atoms with Gasteiger partial charge in [0.1, 0.15) is 23.9 Å². The quantitative estimate of drug-likeness (QED) is 0.165. The highest BCUT2D eigenvalue weighted by atomic mass is 32.1. The van der Waals surface area contributed by atoms with Gasteiger partial charge in [-0.2, -0.15) is 0 Å². The van der Waals surface area contributed by atoms with E-state index in [0.29, 0.717) is 22.6 Å². The Morgan fingerprint density at radius 2 is 1.53 bits per heavy atom. The molecule has 3 heterocycles. The number of hydrogen-bond acceptors (Lipinski definition) is 7. The Morgan fingerprint density at radius 1 is 0.836 bits per heavy atom. The van der Waals surface area contributed by atoms with E-state index >= 15 is 0 Å². The lowest BCUT2D eigenvalue weighted by Crippen LogP contribution is -2.57. The minimum Gasteiger partial charge on any atom is -0.484 e. The van der Waals surface area contributed by atoms with E-state index in [4.69, 9.17) is 4.74 Å². The van der Waals surface area contributed by atoms with Crippen LogP contribution >= 0.6 is 11.3 Å². The zero-order chi connectivity index (χ0) is 38.9. The Bertz CT molecular complexity index is 2120. The lowest BCUT2D eigenvalue weighted by atomic mass is 9.97. The number of aryl methyl sites for hydroxylation is 1. The van der Waals surface area contributed by atoms with Crippen molar-refractivity contribution in [1.82, 2.24) is 16.0 Å². The van der Waals surface area contributed by atoms with Crippen LogP contribution in [0.3, 0.4) is 0 Å². The highest BCUT2D eigenvalue weighted by Crippen LogP contribution is 2.27. The van der Waals surface area contributed by atoms with Crippen LogP contribution in [0.1, 0.15) is 34.4 Å². The van der Waals surface area contributed by atoms with Crippen LogP contribution < -0.4 is 25.6 Å². The first-order chi connectivity index (χ1) is 26.6. The van der Waals surface area contributed by atoms with Gasteiger partial charge in [0.25, 0.3) is 5.91 Å². The number of benzene rings is 4. The Morgan fingerprint density at radius 3 is 2.20 bits per heavy atom. The molecular weight excluding hydrogens is 717 g/mol. The monoisotopic (exact) mass is 758 g/mol. The zero-order valence-corrected chi connectivity index (χ0v) is 31.3. The fourth-order valence-electron chi connectivity index (χ4n) is 6.58. The Kier molecular flexibility index (Phi) is 12.4. The minimum absolute atomic E-state index is 0.0515. The van der Waals surface area contributed by atoms with Crippen LogP contribution in [-0.4, -0.2) is 66.0 Å². The van der Waals surface area contributed by atoms with Gasteiger partial charge < -0.3 is 25.8 Å². The third-order valence-corrected chi connectivity index (χ3v) is 10.7. The molecule has 0 saturated carbocycles. The number of thiophene rings is 1. The zero-order valence-electron chi connectivity index (χ0n) is 30.4. The first-order valence-corrected chi connectivity index (χ1v) is 18.8. The van der Waals surface area contributed by atoms with Gasteiger partial charge in [-0.3, -0.25) is 24.1 Å². The summed E-state index contributed by atoms with van der Waals surface area (Å²) in [7, 11) is 0. The molecule has 11 nitrogen and oxygen atoms in total. The van der Waals surface area contributed by atoms with Gasteiger partial charge in [-0.05, 0) is 64.4 Å². The van der Waals surface area contributed by atoms with Crippen molar-refractivity contribution in [2.24, 2.45) is 0 Å². The van der Waals surface area contributed by atoms with Crippen LogP contribution in [0.15, 0.2) is 121 Å². The van der Waals surface area contributed by atoms with E-state index in [-0.39, 0.29) is 12.8 Å². The summed E-state index contributed by atoms with van der Waals surface area (Å²) in [6.45, 7) is 2.65. The highest BCUT2D eigenvalue weighted by molar-refractivity contribution is 7.10. The smallest absolute Gasteiger partial charge is 0.327 e. The maximum atomic E-state index is 14.2. The average Bonchev–Trinajstić information content (AvgIpc) is 3.74. The number of carbonyl (C=O) groups is 5. The molecule has 4 amide bonds. The van der Waals surface area contributed by atoms with Gasteiger partial charge in [-0.15, -0.1) is 11.3 Å². The standard InChI is InChI=1S/C43H42N4O7S/c1-27-9-6-7-12-35(27)47-36(43(52)53)24-30-16-20-33(21-17-30)54-26-38(48)46-40(28(2)37-13-8-22-55-37)42(51)45-34(41(50)44-25-39(47)49)23-29-14-18-32(19-15-29)31-10-4-3-5-11-31/h3-22,28,34,36,40H,23-26H2,1-2H3,(H,44,50)(H,45,51)(H,46,48)(H,52,53)/t28?,34-,36+,40+/m1/s1. The number of carboxylic acids is 1. The molecule has 55 heavy (non-hydrogen) atoms. The molecule has 5 aromatic rings. The van der Waals surface area contributed by atoms with E-state index in [1.54, 1.807) is 55.5 Å². The third-order valence-electron chi connectivity index (χ3n) is 9.60. The number of carboxylic acid groups (broad SMARTS) is 1. The van der Waals surface area contributed by atoms with Crippen LogP contribution in [0.25, 0.3) is 11.1 Å². The number of fused-ring (bicyclic) bond motifs is 16. The molecule has 282 valence electrons. The lowest BCUT2D eigenvalue weighted by molar-refractivity contribution is -0.140. The molecule has 2 bridgehead atoms. The SMILES string of the molecule is Cc1ccccc1N1C(=O)CNC(=O)[C@@H](Cc2ccc(-c3ccccc3)cc2)NC(=O)[C@H](C(C)c2cccs2)NC(=O)COc2ccc(cc2)C[C@H]1C(=O)O. The predicted octanol–water partition coefficient (Wildman–Crippen LogP) is 5.28. The molecule has 12 heteroatoms. The van der Waals surface area contributed by atoms with Gasteiger partial charge in [0.2, 0.25) is 17.7 Å². The van der Waals surface area contributed by atoms with E-state index in [9.17, 15) is 29.1 Å². The van der Waals surface area contributed by atoms with Crippen molar-refractivity contribution in [2.75, 3.05) is 18.1 Å². The molecule has 4 aromatic carbocycles. The highest BCUT2D eigenvalue weighted by Gasteiger charge is 2.35. The summed E-state index contributed by atoms with van der Waals surface area (Å²) < 4.78 is 5.76. The van der Waals surface area contributed by atoms with Crippen LogP contribution in [0.5, 0.6) is 5.75 Å². The number of nitrogens with one attached hydrogen (secondary N) is 3. The van der Waals surface area contributed by atoms with Crippen molar-refractivity contribution >= 4 is 46.6 Å². The molecule has 0 aliphatic carbocycles. The van der Waals surface area contributed by atoms with Gasteiger partial charge in [-0.25, -0.2) is 4.79 Å². The van der Waals surface area contributed by atoms with Crippen molar-refractivity contribution in [3.05, 3.63) is 142 Å². The van der Waals surface area contributed by atoms with E-state index < -0.39 is 66.8 Å². The maximum Gasteiger partial charge on any atom is 0.327 e. The molecule has 1 unspecified atom stereocenters. The van der Waals surface area contributed by atoms with Crippen molar-refractivity contribution in [3.63, 3.8) is 0 Å². The maximum absolute atomic E-state index is 14.2. The lowest BCUT2D eigenvalue weighted by Gasteiger charge is -2.31. The van der Waals surface area contributed by atoms with Gasteiger partial charge >= 0.3 is 5.97 Å². The van der Waals surface area contributed by atoms with Crippen molar-refractivity contribution in [1.29, 1.82) is 0 Å². The Balaban J connectivity index is 1.35. The number of para-hydroxylation sites is 1. The predicted molar refractivity (Wildman–Crippen MR) is 211 cm³/mol. The molecule has 0 spiro atoms. The molecule has 2 aliphatic heterocycles. The largest absolute Gasteiger partial charge is 0.484 e. The summed E-state index contributed by atoms with van der Waals surface area (Å²) in [4.78, 5) is 70.6. The van der Waals surface area contributed by atoms with Gasteiger partial charge in [-0.1, -0.05) is 97.9 Å². The van der Waals surface area contributed by atoms with Crippen molar-refractivity contribution < 1.29 is 33.8 Å². The molecule has 0 saturated heterocycles. The van der Waals surface area contributed by atoms with Crippen LogP contribution in [-0.2, 0) is 36.8 Å². The van der Waals surface area contributed by atoms with E-state index in [1.165, 1.54) is 16.2 Å². The molecule has 0 radical (unpaired) electrons. The molecule has 4 N–H and O–H groups in total. The number of nitrogens with zero attached hydrogens (tertiary/aromatic N) is 1. The van der Waals surface area contributed by atoms with Crippen LogP contribution in [0, 0.1) is 6.92 Å². The third kappa shape index (κ3) is 9.64. The number of ether oxygens (including phenoxy) is 1. The second-order valence-corrected chi connectivity index (χ2v) is 14.4. The number of rotatable bonds is 7. The van der Waals surface area contributed by atoms with E-state index in [1.807, 2.05) is 79.0 Å². The minimum atomic E-state index is -1.33. The summed E-state index contributed by atoms with van der Waals surface area (Å²) in [6, 6.07) is 31.1. The summed E-state index contributed by atoms with van der Waals surface area (Å²) in [5, 5.41) is 20.7. The molecular formula is C43H42N4O7S. The summed E-state index contributed by atoms with van der Waals surface area (Å²) in [6.07, 6.45) is 0.00923. The van der Waals surface area contributed by atoms with E-state index in [2.05, 4.69) is 16.0 Å². The first-order valence-electron chi connectivity index (χ1n) is 17.9. The second kappa shape index (κ2) is 17.7. The molecule has 2 aliphatic rings. The average molecular weight is 759 g/mol. The number of amides is 4. The Hall–Kier alpha value is -6.27. The molecule has 4 atom stereocenters. The number of anilines is 1. The first kappa shape index (κ1) is 38.5. The number of hydrogen-bond donors (Lipinski definition) is 4. The van der Waals surface area contributed by atoms with Crippen LogP contribution in [0.4, 0.5) is 5.69 Å². The van der Waals surface area contributed by atoms with Gasteiger partial charge in [0.05, 0.1) is 6.54 Å². The van der Waals surface area contributed by atoms with E-state index in [0.717, 1.165) is 21.6 Å². The van der Waals surface area contributed by atoms with Crippen molar-refractivity contribution in [2.45, 2.75) is 50.7 Å². The summed E-state index contributed by atoms with van der Waals surface area (Å²) in [5.41, 5.74) is 4.39. The summed E-state index contributed by atoms with van der Waals surface area (Å²) in [5.74, 6) is -3.80. The fraction of sp³-hybridized carbons (Fsp3) is 0.233. The van der Waals surface area contributed by atoms with Gasteiger partial charge in [0.15, 0.2) is 6.61 Å². The topological polar surface area (TPSA) is 154 Å². The fourth-order valence-corrected chi connectivity index (χ4v) is 7.40. The normalized spacial score (nSPS) is 19.2. The summed E-state index contributed by atoms with van der Waals surface area (Å²) >= 11 is 1.44.